The lowest BCUT2D eigenvalue weighted by Crippen LogP contribution is -2.44. The summed E-state index contributed by atoms with van der Waals surface area (Å²) in [7, 11) is 0. The summed E-state index contributed by atoms with van der Waals surface area (Å²) >= 11 is 0. The van der Waals surface area contributed by atoms with Crippen LogP contribution in [0.1, 0.15) is 63.9 Å². The number of nitrogens with zero attached hydrogens (tertiary/aromatic N) is 3. The molecule has 0 saturated carbocycles. The van der Waals surface area contributed by atoms with Crippen LogP contribution in [0.25, 0.3) is 0 Å². The minimum atomic E-state index is -4.43. The summed E-state index contributed by atoms with van der Waals surface area (Å²) in [6.45, 7) is 7.73. The van der Waals surface area contributed by atoms with E-state index < -0.39 is 11.9 Å². The Morgan fingerprint density at radius 1 is 1.41 bits per heavy atom. The van der Waals surface area contributed by atoms with Crippen LogP contribution in [0.3, 0.4) is 0 Å². The topological polar surface area (TPSA) is 38.1 Å². The maximum atomic E-state index is 12.9. The number of alkyl halides is 3. The van der Waals surface area contributed by atoms with Crippen LogP contribution in [0.4, 0.5) is 13.2 Å². The molecule has 0 aromatic carbocycles. The quantitative estimate of drug-likeness (QED) is 0.836. The number of rotatable bonds is 2. The SMILES string of the molecule is CC(=O)N1CCC(n2nc(C(F)(F)F)cc2C(C)C)CC1C. The van der Waals surface area contributed by atoms with E-state index in [9.17, 15) is 18.0 Å². The Labute approximate surface area is 128 Å². The van der Waals surface area contributed by atoms with E-state index in [1.165, 1.54) is 11.6 Å². The monoisotopic (exact) mass is 317 g/mol. The second-order valence-corrected chi connectivity index (χ2v) is 6.29. The second-order valence-electron chi connectivity index (χ2n) is 6.29. The van der Waals surface area contributed by atoms with E-state index >= 15 is 0 Å². The lowest BCUT2D eigenvalue weighted by atomic mass is 9.97. The maximum absolute atomic E-state index is 12.9. The zero-order valence-electron chi connectivity index (χ0n) is 13.3. The molecule has 22 heavy (non-hydrogen) atoms. The van der Waals surface area contributed by atoms with Gasteiger partial charge < -0.3 is 4.90 Å². The van der Waals surface area contributed by atoms with Crippen LogP contribution >= 0.6 is 0 Å². The molecule has 2 rings (SSSR count). The van der Waals surface area contributed by atoms with Crippen molar-refractivity contribution in [3.05, 3.63) is 17.5 Å². The summed E-state index contributed by atoms with van der Waals surface area (Å²) in [4.78, 5) is 13.3. The van der Waals surface area contributed by atoms with Gasteiger partial charge in [0.15, 0.2) is 5.69 Å². The summed E-state index contributed by atoms with van der Waals surface area (Å²) < 4.78 is 40.3. The molecule has 0 bridgehead atoms. The van der Waals surface area contributed by atoms with Gasteiger partial charge in [0.2, 0.25) is 5.91 Å². The van der Waals surface area contributed by atoms with Crippen LogP contribution in [-0.4, -0.2) is 33.2 Å². The average molecular weight is 317 g/mol. The van der Waals surface area contributed by atoms with Gasteiger partial charge in [-0.2, -0.15) is 18.3 Å². The summed E-state index contributed by atoms with van der Waals surface area (Å²) in [5.41, 5.74) is -0.237. The van der Waals surface area contributed by atoms with Crippen LogP contribution in [0, 0.1) is 0 Å². The van der Waals surface area contributed by atoms with E-state index in [1.807, 2.05) is 20.8 Å². The fraction of sp³-hybridized carbons (Fsp3) is 0.733. The molecular formula is C15H22F3N3O. The number of carbonyl (C=O) groups is 1. The van der Waals surface area contributed by atoms with E-state index in [-0.39, 0.29) is 23.9 Å². The van der Waals surface area contributed by atoms with Crippen molar-refractivity contribution in [3.63, 3.8) is 0 Å². The first-order chi connectivity index (χ1) is 10.1. The average Bonchev–Trinajstić information content (AvgIpc) is 2.82. The van der Waals surface area contributed by atoms with Gasteiger partial charge in [0.05, 0.1) is 6.04 Å². The second kappa shape index (κ2) is 5.93. The molecule has 1 saturated heterocycles. The zero-order chi connectivity index (χ0) is 16.7. The lowest BCUT2D eigenvalue weighted by Gasteiger charge is -2.37. The number of amides is 1. The smallest absolute Gasteiger partial charge is 0.340 e. The molecule has 0 N–H and O–H groups in total. The molecule has 1 aromatic heterocycles. The Morgan fingerprint density at radius 3 is 2.50 bits per heavy atom. The number of piperidine rings is 1. The predicted molar refractivity (Wildman–Crippen MR) is 76.4 cm³/mol. The van der Waals surface area contributed by atoms with Crippen LogP contribution in [0.2, 0.25) is 0 Å². The predicted octanol–water partition coefficient (Wildman–Crippen LogP) is 3.60. The van der Waals surface area contributed by atoms with Crippen molar-refractivity contribution in [1.82, 2.24) is 14.7 Å². The van der Waals surface area contributed by atoms with E-state index in [1.54, 1.807) is 4.90 Å². The van der Waals surface area contributed by atoms with Crippen molar-refractivity contribution in [2.75, 3.05) is 6.54 Å². The fourth-order valence-corrected chi connectivity index (χ4v) is 3.11. The number of carbonyl (C=O) groups excluding carboxylic acids is 1. The van der Waals surface area contributed by atoms with Crippen molar-refractivity contribution >= 4 is 5.91 Å². The molecule has 4 nitrogen and oxygen atoms in total. The molecule has 2 heterocycles. The minimum Gasteiger partial charge on any atom is -0.340 e. The number of hydrogen-bond acceptors (Lipinski definition) is 2. The highest BCUT2D eigenvalue weighted by Crippen LogP contribution is 2.34. The van der Waals surface area contributed by atoms with Crippen molar-refractivity contribution in [3.8, 4) is 0 Å². The summed E-state index contributed by atoms with van der Waals surface area (Å²) in [5, 5.41) is 3.82. The maximum Gasteiger partial charge on any atom is 0.435 e. The Morgan fingerprint density at radius 2 is 2.05 bits per heavy atom. The van der Waals surface area contributed by atoms with Crippen molar-refractivity contribution in [1.29, 1.82) is 0 Å². The van der Waals surface area contributed by atoms with Gasteiger partial charge in [0, 0.05) is 25.2 Å². The standard InChI is InChI=1S/C15H22F3N3O/c1-9(2)13-8-14(15(16,17)18)19-21(13)12-5-6-20(11(4)22)10(3)7-12/h8-10,12H,5-7H2,1-4H3. The third-order valence-corrected chi connectivity index (χ3v) is 4.25. The van der Waals surface area contributed by atoms with Crippen molar-refractivity contribution in [2.45, 2.75) is 64.7 Å². The van der Waals surface area contributed by atoms with Gasteiger partial charge in [0.1, 0.15) is 0 Å². The summed E-state index contributed by atoms with van der Waals surface area (Å²) in [6.07, 6.45) is -3.18. The molecule has 2 unspecified atom stereocenters. The van der Waals surface area contributed by atoms with E-state index in [0.717, 1.165) is 6.07 Å². The zero-order valence-corrected chi connectivity index (χ0v) is 13.3. The number of likely N-dealkylation sites (tertiary alicyclic amines) is 1. The molecule has 1 aliphatic heterocycles. The first-order valence-electron chi connectivity index (χ1n) is 7.55. The molecule has 0 spiro atoms. The van der Waals surface area contributed by atoms with Crippen LogP contribution in [-0.2, 0) is 11.0 Å². The van der Waals surface area contributed by atoms with Crippen molar-refractivity contribution in [2.24, 2.45) is 0 Å². The Balaban J connectivity index is 2.29. The number of aromatic nitrogens is 2. The minimum absolute atomic E-state index is 0.00600. The van der Waals surface area contributed by atoms with Gasteiger partial charge in [-0.3, -0.25) is 9.48 Å². The first-order valence-corrected chi connectivity index (χ1v) is 7.55. The molecule has 2 atom stereocenters. The van der Waals surface area contributed by atoms with Gasteiger partial charge in [-0.1, -0.05) is 13.8 Å². The molecule has 0 radical (unpaired) electrons. The van der Waals surface area contributed by atoms with E-state index in [2.05, 4.69) is 5.10 Å². The Kier molecular flexibility index (Phi) is 4.54. The van der Waals surface area contributed by atoms with Crippen LogP contribution < -0.4 is 0 Å². The summed E-state index contributed by atoms with van der Waals surface area (Å²) in [6, 6.07) is 1.06. The van der Waals surface area contributed by atoms with E-state index in [4.69, 9.17) is 0 Å². The fourth-order valence-electron chi connectivity index (χ4n) is 3.11. The number of hydrogen-bond donors (Lipinski definition) is 0. The van der Waals surface area contributed by atoms with Gasteiger partial charge in [-0.15, -0.1) is 0 Å². The van der Waals surface area contributed by atoms with E-state index in [0.29, 0.717) is 25.1 Å². The molecule has 1 amide bonds. The highest BCUT2D eigenvalue weighted by molar-refractivity contribution is 5.73. The van der Waals surface area contributed by atoms with Crippen LogP contribution in [0.5, 0.6) is 0 Å². The normalized spacial score (nSPS) is 23.2. The van der Waals surface area contributed by atoms with Gasteiger partial charge in [-0.25, -0.2) is 0 Å². The Bertz CT molecular complexity index is 551. The molecule has 1 aromatic rings. The van der Waals surface area contributed by atoms with Gasteiger partial charge >= 0.3 is 6.18 Å². The molecule has 124 valence electrons. The molecular weight excluding hydrogens is 295 g/mol. The number of halogens is 3. The van der Waals surface area contributed by atoms with Crippen molar-refractivity contribution < 1.29 is 18.0 Å². The largest absolute Gasteiger partial charge is 0.435 e. The van der Waals surface area contributed by atoms with Gasteiger partial charge in [0.25, 0.3) is 0 Å². The third kappa shape index (κ3) is 3.28. The first kappa shape index (κ1) is 16.8. The highest BCUT2D eigenvalue weighted by atomic mass is 19.4. The van der Waals surface area contributed by atoms with Gasteiger partial charge in [-0.05, 0) is 31.7 Å². The lowest BCUT2D eigenvalue weighted by molar-refractivity contribution is -0.141. The summed E-state index contributed by atoms with van der Waals surface area (Å²) in [5.74, 6) is -0.0313. The molecule has 0 aliphatic carbocycles. The Hall–Kier alpha value is -1.53. The molecule has 1 fully saturated rings. The highest BCUT2D eigenvalue weighted by Gasteiger charge is 2.37. The van der Waals surface area contributed by atoms with Crippen LogP contribution in [0.15, 0.2) is 6.07 Å². The third-order valence-electron chi connectivity index (χ3n) is 4.25. The molecule has 7 heteroatoms. The molecule has 1 aliphatic rings.